The van der Waals surface area contributed by atoms with E-state index in [-0.39, 0.29) is 19.0 Å². The molecule has 0 spiro atoms. The van der Waals surface area contributed by atoms with E-state index in [1.807, 2.05) is 24.3 Å². The van der Waals surface area contributed by atoms with Crippen LogP contribution in [0.2, 0.25) is 0 Å². The van der Waals surface area contributed by atoms with Crippen molar-refractivity contribution in [2.45, 2.75) is 31.5 Å². The lowest BCUT2D eigenvalue weighted by Gasteiger charge is -2.31. The molecule has 0 amide bonds. The van der Waals surface area contributed by atoms with Gasteiger partial charge in [-0.3, -0.25) is 0 Å². The fourth-order valence-corrected chi connectivity index (χ4v) is 2.51. The van der Waals surface area contributed by atoms with Crippen LogP contribution in [0.3, 0.4) is 0 Å². The second-order valence-corrected chi connectivity index (χ2v) is 4.94. The zero-order chi connectivity index (χ0) is 13.9. The van der Waals surface area contributed by atoms with E-state index in [1.54, 1.807) is 7.11 Å². The third-order valence-corrected chi connectivity index (χ3v) is 3.64. The third-order valence-electron chi connectivity index (χ3n) is 3.64. The van der Waals surface area contributed by atoms with Crippen LogP contribution in [0.15, 0.2) is 24.3 Å². The van der Waals surface area contributed by atoms with E-state index in [4.69, 9.17) is 4.74 Å². The SMILES string of the molecule is COc1ccccc1CC1CCC(C(F)(F)F)CN1. The highest BCUT2D eigenvalue weighted by Crippen LogP contribution is 2.33. The molecule has 0 bridgehead atoms. The lowest BCUT2D eigenvalue weighted by atomic mass is 9.91. The van der Waals surface area contributed by atoms with Gasteiger partial charge in [-0.05, 0) is 30.9 Å². The Labute approximate surface area is 111 Å². The van der Waals surface area contributed by atoms with Crippen molar-refractivity contribution in [1.29, 1.82) is 0 Å². The van der Waals surface area contributed by atoms with Crippen molar-refractivity contribution < 1.29 is 17.9 Å². The predicted molar refractivity (Wildman–Crippen MR) is 67.3 cm³/mol. The lowest BCUT2D eigenvalue weighted by molar-refractivity contribution is -0.179. The molecule has 2 atom stereocenters. The minimum absolute atomic E-state index is 0.0172. The van der Waals surface area contributed by atoms with E-state index in [2.05, 4.69) is 5.32 Å². The van der Waals surface area contributed by atoms with E-state index in [0.717, 1.165) is 11.3 Å². The molecule has 1 fully saturated rings. The van der Waals surface area contributed by atoms with Gasteiger partial charge in [0, 0.05) is 12.6 Å². The third kappa shape index (κ3) is 3.62. The van der Waals surface area contributed by atoms with Crippen molar-refractivity contribution in [1.82, 2.24) is 5.32 Å². The number of hydrogen-bond donors (Lipinski definition) is 1. The molecule has 1 aliphatic rings. The second kappa shape index (κ2) is 5.82. The maximum atomic E-state index is 12.6. The minimum Gasteiger partial charge on any atom is -0.496 e. The summed E-state index contributed by atoms with van der Waals surface area (Å²) >= 11 is 0. The van der Waals surface area contributed by atoms with Crippen LogP contribution in [0.4, 0.5) is 13.2 Å². The van der Waals surface area contributed by atoms with Gasteiger partial charge >= 0.3 is 6.18 Å². The lowest BCUT2D eigenvalue weighted by Crippen LogP contribution is -2.45. The highest BCUT2D eigenvalue weighted by Gasteiger charge is 2.41. The molecule has 5 heteroatoms. The summed E-state index contributed by atoms with van der Waals surface area (Å²) in [5, 5.41) is 3.00. The van der Waals surface area contributed by atoms with Gasteiger partial charge in [-0.2, -0.15) is 13.2 Å². The average molecular weight is 273 g/mol. The highest BCUT2D eigenvalue weighted by molar-refractivity contribution is 5.33. The molecular formula is C14H18F3NO. The van der Waals surface area contributed by atoms with Crippen molar-refractivity contribution >= 4 is 0 Å². The Morgan fingerprint density at radius 3 is 2.58 bits per heavy atom. The Kier molecular flexibility index (Phi) is 4.34. The van der Waals surface area contributed by atoms with Crippen molar-refractivity contribution in [2.24, 2.45) is 5.92 Å². The van der Waals surface area contributed by atoms with Gasteiger partial charge in [0.25, 0.3) is 0 Å². The van der Waals surface area contributed by atoms with E-state index in [9.17, 15) is 13.2 Å². The summed E-state index contributed by atoms with van der Waals surface area (Å²) in [6.07, 6.45) is -2.63. The van der Waals surface area contributed by atoms with E-state index < -0.39 is 12.1 Å². The molecule has 1 heterocycles. The number of nitrogens with one attached hydrogen (secondary N) is 1. The van der Waals surface area contributed by atoms with Crippen LogP contribution >= 0.6 is 0 Å². The van der Waals surface area contributed by atoms with Crippen LogP contribution in [-0.2, 0) is 6.42 Å². The molecule has 1 N–H and O–H groups in total. The molecule has 1 aromatic carbocycles. The summed E-state index contributed by atoms with van der Waals surface area (Å²) in [7, 11) is 1.60. The Bertz CT molecular complexity index is 411. The topological polar surface area (TPSA) is 21.3 Å². The molecule has 106 valence electrons. The maximum Gasteiger partial charge on any atom is 0.393 e. The number of hydrogen-bond acceptors (Lipinski definition) is 2. The van der Waals surface area contributed by atoms with Crippen LogP contribution in [-0.4, -0.2) is 25.9 Å². The molecule has 19 heavy (non-hydrogen) atoms. The van der Waals surface area contributed by atoms with Gasteiger partial charge in [0.15, 0.2) is 0 Å². The van der Waals surface area contributed by atoms with E-state index in [1.165, 1.54) is 0 Å². The Hall–Kier alpha value is -1.23. The number of ether oxygens (including phenoxy) is 1. The number of rotatable bonds is 3. The summed E-state index contributed by atoms with van der Waals surface area (Å²) in [5.74, 6) is -0.413. The molecule has 0 aliphatic carbocycles. The smallest absolute Gasteiger partial charge is 0.393 e. The largest absolute Gasteiger partial charge is 0.496 e. The Morgan fingerprint density at radius 2 is 2.00 bits per heavy atom. The van der Waals surface area contributed by atoms with Crippen molar-refractivity contribution in [3.8, 4) is 5.75 Å². The van der Waals surface area contributed by atoms with Crippen LogP contribution < -0.4 is 10.1 Å². The normalized spacial score (nSPS) is 24.2. The van der Waals surface area contributed by atoms with Gasteiger partial charge in [0.05, 0.1) is 13.0 Å². The molecule has 1 aromatic rings. The quantitative estimate of drug-likeness (QED) is 0.913. The average Bonchev–Trinajstić information content (AvgIpc) is 2.39. The molecular weight excluding hydrogens is 255 g/mol. The second-order valence-electron chi connectivity index (χ2n) is 4.94. The number of para-hydroxylation sites is 1. The number of methoxy groups -OCH3 is 1. The summed E-state index contributed by atoms with van der Waals surface area (Å²) in [6.45, 7) is 0.0172. The number of benzene rings is 1. The Balaban J connectivity index is 1.92. The van der Waals surface area contributed by atoms with Crippen LogP contribution in [0, 0.1) is 5.92 Å². The standard InChI is InChI=1S/C14H18F3NO/c1-19-13-5-3-2-4-10(13)8-12-7-6-11(9-18-12)14(15,16)17/h2-5,11-12,18H,6-9H2,1H3. The molecule has 2 nitrogen and oxygen atoms in total. The van der Waals surface area contributed by atoms with Crippen LogP contribution in [0.25, 0.3) is 0 Å². The number of piperidine rings is 1. The zero-order valence-electron chi connectivity index (χ0n) is 10.8. The molecule has 1 aliphatic heterocycles. The Morgan fingerprint density at radius 1 is 1.26 bits per heavy atom. The van der Waals surface area contributed by atoms with Crippen molar-refractivity contribution in [2.75, 3.05) is 13.7 Å². The van der Waals surface area contributed by atoms with Gasteiger partial charge in [-0.1, -0.05) is 18.2 Å². The van der Waals surface area contributed by atoms with Crippen LogP contribution in [0.5, 0.6) is 5.75 Å². The molecule has 2 unspecified atom stereocenters. The molecule has 1 saturated heterocycles. The highest BCUT2D eigenvalue weighted by atomic mass is 19.4. The first-order valence-electron chi connectivity index (χ1n) is 6.42. The summed E-state index contributed by atoms with van der Waals surface area (Å²) in [6, 6.07) is 7.72. The number of halogens is 3. The summed E-state index contributed by atoms with van der Waals surface area (Å²) < 4.78 is 42.9. The van der Waals surface area contributed by atoms with Gasteiger partial charge in [-0.25, -0.2) is 0 Å². The first-order chi connectivity index (χ1) is 9.00. The number of alkyl halides is 3. The molecule has 0 aromatic heterocycles. The van der Waals surface area contributed by atoms with Gasteiger partial charge in [0.2, 0.25) is 0 Å². The molecule has 0 radical (unpaired) electrons. The first kappa shape index (κ1) is 14.2. The molecule has 0 saturated carbocycles. The van der Waals surface area contributed by atoms with E-state index >= 15 is 0 Å². The van der Waals surface area contributed by atoms with Gasteiger partial charge in [0.1, 0.15) is 5.75 Å². The van der Waals surface area contributed by atoms with Gasteiger partial charge in [-0.15, -0.1) is 0 Å². The fourth-order valence-electron chi connectivity index (χ4n) is 2.51. The summed E-state index contributed by atoms with van der Waals surface area (Å²) in [5.41, 5.74) is 1.04. The van der Waals surface area contributed by atoms with E-state index in [0.29, 0.717) is 12.8 Å². The van der Waals surface area contributed by atoms with Crippen LogP contribution in [0.1, 0.15) is 18.4 Å². The zero-order valence-corrected chi connectivity index (χ0v) is 10.8. The fraction of sp³-hybridized carbons (Fsp3) is 0.571. The monoisotopic (exact) mass is 273 g/mol. The van der Waals surface area contributed by atoms with Crippen molar-refractivity contribution in [3.63, 3.8) is 0 Å². The van der Waals surface area contributed by atoms with Gasteiger partial charge < -0.3 is 10.1 Å². The molecule has 2 rings (SSSR count). The first-order valence-corrected chi connectivity index (χ1v) is 6.42. The minimum atomic E-state index is -4.08. The maximum absolute atomic E-state index is 12.6. The predicted octanol–water partition coefficient (Wildman–Crippen LogP) is 3.17. The van der Waals surface area contributed by atoms with Crippen molar-refractivity contribution in [3.05, 3.63) is 29.8 Å². The summed E-state index contributed by atoms with van der Waals surface area (Å²) in [4.78, 5) is 0.